The van der Waals surface area contributed by atoms with Gasteiger partial charge in [-0.1, -0.05) is 42.8 Å². The van der Waals surface area contributed by atoms with Crippen molar-refractivity contribution in [2.24, 2.45) is 5.73 Å². The van der Waals surface area contributed by atoms with Gasteiger partial charge < -0.3 is 10.5 Å². The Morgan fingerprint density at radius 1 is 1.15 bits per heavy atom. The SMILES string of the molecule is CCc1ccc(COc2ccc(C(=N)N)cc2Cl)cc1. The summed E-state index contributed by atoms with van der Waals surface area (Å²) < 4.78 is 5.69. The molecule has 0 unspecified atom stereocenters. The number of ether oxygens (including phenoxy) is 1. The molecule has 0 atom stereocenters. The smallest absolute Gasteiger partial charge is 0.138 e. The van der Waals surface area contributed by atoms with Gasteiger partial charge in [0.1, 0.15) is 18.2 Å². The van der Waals surface area contributed by atoms with E-state index in [-0.39, 0.29) is 5.84 Å². The molecule has 2 aromatic carbocycles. The molecule has 104 valence electrons. The van der Waals surface area contributed by atoms with Crippen LogP contribution in [0.5, 0.6) is 5.75 Å². The Hall–Kier alpha value is -2.00. The summed E-state index contributed by atoms with van der Waals surface area (Å²) in [5.74, 6) is 0.588. The molecule has 0 amide bonds. The van der Waals surface area contributed by atoms with Crippen molar-refractivity contribution in [3.8, 4) is 5.75 Å². The Morgan fingerprint density at radius 3 is 2.35 bits per heavy atom. The van der Waals surface area contributed by atoms with Crippen LogP contribution in [0.1, 0.15) is 23.6 Å². The highest BCUT2D eigenvalue weighted by Gasteiger charge is 2.05. The first kappa shape index (κ1) is 14.4. The molecule has 4 heteroatoms. The lowest BCUT2D eigenvalue weighted by Gasteiger charge is -2.09. The number of amidine groups is 1. The van der Waals surface area contributed by atoms with E-state index in [9.17, 15) is 0 Å². The number of nitrogens with one attached hydrogen (secondary N) is 1. The molecule has 0 radical (unpaired) electrons. The number of aryl methyl sites for hydroxylation is 1. The molecule has 3 nitrogen and oxygen atoms in total. The molecule has 0 aliphatic heterocycles. The molecule has 20 heavy (non-hydrogen) atoms. The van der Waals surface area contributed by atoms with Gasteiger partial charge in [-0.05, 0) is 35.7 Å². The van der Waals surface area contributed by atoms with Gasteiger partial charge in [-0.25, -0.2) is 0 Å². The van der Waals surface area contributed by atoms with E-state index in [1.807, 2.05) is 0 Å². The fraction of sp³-hybridized carbons (Fsp3) is 0.188. The van der Waals surface area contributed by atoms with E-state index in [1.165, 1.54) is 5.56 Å². The van der Waals surface area contributed by atoms with E-state index >= 15 is 0 Å². The van der Waals surface area contributed by atoms with Crippen molar-refractivity contribution in [2.75, 3.05) is 0 Å². The van der Waals surface area contributed by atoms with Gasteiger partial charge in [-0.2, -0.15) is 0 Å². The summed E-state index contributed by atoms with van der Waals surface area (Å²) in [6.07, 6.45) is 1.03. The Kier molecular flexibility index (Phi) is 4.64. The zero-order valence-corrected chi connectivity index (χ0v) is 12.1. The molecule has 2 aromatic rings. The highest BCUT2D eigenvalue weighted by atomic mass is 35.5. The third-order valence-corrected chi connectivity index (χ3v) is 3.36. The normalized spacial score (nSPS) is 10.3. The Labute approximate surface area is 123 Å². The van der Waals surface area contributed by atoms with Gasteiger partial charge in [0.2, 0.25) is 0 Å². The maximum absolute atomic E-state index is 7.36. The quantitative estimate of drug-likeness (QED) is 0.650. The molecule has 0 saturated heterocycles. The van der Waals surface area contributed by atoms with Crippen LogP contribution in [0.15, 0.2) is 42.5 Å². The summed E-state index contributed by atoms with van der Waals surface area (Å²) in [5, 5.41) is 7.82. The fourth-order valence-electron chi connectivity index (χ4n) is 1.82. The zero-order chi connectivity index (χ0) is 14.5. The third kappa shape index (κ3) is 3.52. The number of hydrogen-bond donors (Lipinski definition) is 2. The summed E-state index contributed by atoms with van der Waals surface area (Å²) >= 11 is 6.11. The predicted octanol–water partition coefficient (Wildman–Crippen LogP) is 3.77. The van der Waals surface area contributed by atoms with Crippen LogP contribution in [0, 0.1) is 5.41 Å². The first-order valence-corrected chi connectivity index (χ1v) is 6.82. The molecule has 0 aromatic heterocycles. The van der Waals surface area contributed by atoms with E-state index in [0.29, 0.717) is 22.9 Å². The Morgan fingerprint density at radius 2 is 1.80 bits per heavy atom. The summed E-state index contributed by atoms with van der Waals surface area (Å²) in [6.45, 7) is 2.59. The van der Waals surface area contributed by atoms with Gasteiger partial charge in [-0.3, -0.25) is 5.41 Å². The summed E-state index contributed by atoms with van der Waals surface area (Å²) in [5.41, 5.74) is 8.40. The average molecular weight is 289 g/mol. The van der Waals surface area contributed by atoms with Crippen molar-refractivity contribution >= 4 is 17.4 Å². The minimum atomic E-state index is -0.00592. The molecule has 0 saturated carbocycles. The summed E-state index contributed by atoms with van der Waals surface area (Å²) in [4.78, 5) is 0. The van der Waals surface area contributed by atoms with Crippen molar-refractivity contribution in [3.63, 3.8) is 0 Å². The molecular formula is C16H17ClN2O. The number of nitrogen functional groups attached to an aromatic ring is 1. The van der Waals surface area contributed by atoms with Crippen LogP contribution >= 0.6 is 11.6 Å². The van der Waals surface area contributed by atoms with Gasteiger partial charge in [0, 0.05) is 5.56 Å². The molecule has 0 heterocycles. The summed E-state index contributed by atoms with van der Waals surface area (Å²) in [7, 11) is 0. The van der Waals surface area contributed by atoms with Crippen LogP contribution in [0.25, 0.3) is 0 Å². The number of benzene rings is 2. The Balaban J connectivity index is 2.04. The van der Waals surface area contributed by atoms with E-state index in [4.69, 9.17) is 27.5 Å². The molecule has 0 bridgehead atoms. The molecule has 3 N–H and O–H groups in total. The van der Waals surface area contributed by atoms with Gasteiger partial charge in [0.15, 0.2) is 0 Å². The topological polar surface area (TPSA) is 59.1 Å². The number of halogens is 1. The summed E-state index contributed by atoms with van der Waals surface area (Å²) in [6, 6.07) is 13.4. The van der Waals surface area contributed by atoms with Crippen LogP contribution in [-0.4, -0.2) is 5.84 Å². The molecule has 0 aliphatic rings. The Bertz CT molecular complexity index is 608. The first-order valence-electron chi connectivity index (χ1n) is 6.44. The second-order valence-corrected chi connectivity index (χ2v) is 4.92. The highest BCUT2D eigenvalue weighted by molar-refractivity contribution is 6.32. The zero-order valence-electron chi connectivity index (χ0n) is 11.3. The van der Waals surface area contributed by atoms with Crippen molar-refractivity contribution in [1.82, 2.24) is 0 Å². The van der Waals surface area contributed by atoms with Gasteiger partial charge in [0.25, 0.3) is 0 Å². The minimum Gasteiger partial charge on any atom is -0.487 e. The standard InChI is InChI=1S/C16H17ClN2O/c1-2-11-3-5-12(6-4-11)10-20-15-8-7-13(16(18)19)9-14(15)17/h3-9H,2,10H2,1H3,(H3,18,19). The maximum Gasteiger partial charge on any atom is 0.138 e. The van der Waals surface area contributed by atoms with Gasteiger partial charge >= 0.3 is 0 Å². The molecule has 0 fully saturated rings. The lowest BCUT2D eigenvalue weighted by molar-refractivity contribution is 0.306. The molecular weight excluding hydrogens is 272 g/mol. The second kappa shape index (κ2) is 6.44. The van der Waals surface area contributed by atoms with Crippen molar-refractivity contribution in [3.05, 3.63) is 64.2 Å². The van der Waals surface area contributed by atoms with Crippen molar-refractivity contribution in [1.29, 1.82) is 5.41 Å². The van der Waals surface area contributed by atoms with E-state index in [1.54, 1.807) is 18.2 Å². The lowest BCUT2D eigenvalue weighted by Crippen LogP contribution is -2.10. The van der Waals surface area contributed by atoms with Gasteiger partial charge in [0.05, 0.1) is 5.02 Å². The van der Waals surface area contributed by atoms with E-state index < -0.39 is 0 Å². The number of rotatable bonds is 5. The van der Waals surface area contributed by atoms with Crippen LogP contribution in [0.2, 0.25) is 5.02 Å². The first-order chi connectivity index (χ1) is 9.60. The van der Waals surface area contributed by atoms with Gasteiger partial charge in [-0.15, -0.1) is 0 Å². The fourth-order valence-corrected chi connectivity index (χ4v) is 2.05. The average Bonchev–Trinajstić information content (AvgIpc) is 2.46. The molecule has 0 aliphatic carbocycles. The monoisotopic (exact) mass is 288 g/mol. The van der Waals surface area contributed by atoms with Crippen molar-refractivity contribution < 1.29 is 4.74 Å². The van der Waals surface area contributed by atoms with Crippen LogP contribution in [0.3, 0.4) is 0 Å². The minimum absolute atomic E-state index is 0.00592. The largest absolute Gasteiger partial charge is 0.487 e. The third-order valence-electron chi connectivity index (χ3n) is 3.07. The highest BCUT2D eigenvalue weighted by Crippen LogP contribution is 2.26. The maximum atomic E-state index is 7.36. The number of hydrogen-bond acceptors (Lipinski definition) is 2. The molecule has 2 rings (SSSR count). The van der Waals surface area contributed by atoms with Crippen molar-refractivity contribution in [2.45, 2.75) is 20.0 Å². The second-order valence-electron chi connectivity index (χ2n) is 4.52. The van der Waals surface area contributed by atoms with Crippen LogP contribution in [-0.2, 0) is 13.0 Å². The van der Waals surface area contributed by atoms with Crippen LogP contribution in [0.4, 0.5) is 0 Å². The number of nitrogens with two attached hydrogens (primary N) is 1. The van der Waals surface area contributed by atoms with Crippen LogP contribution < -0.4 is 10.5 Å². The van der Waals surface area contributed by atoms with E-state index in [2.05, 4.69) is 31.2 Å². The predicted molar refractivity (Wildman–Crippen MR) is 82.6 cm³/mol. The lowest BCUT2D eigenvalue weighted by atomic mass is 10.1. The molecule has 0 spiro atoms. The van der Waals surface area contributed by atoms with E-state index in [0.717, 1.165) is 12.0 Å².